The van der Waals surface area contributed by atoms with Crippen molar-refractivity contribution < 1.29 is 9.90 Å². The van der Waals surface area contributed by atoms with Crippen LogP contribution in [0, 0.1) is 5.92 Å². The molecule has 3 heteroatoms. The number of rotatable bonds is 4. The van der Waals surface area contributed by atoms with Crippen LogP contribution < -0.4 is 0 Å². The fourth-order valence-corrected chi connectivity index (χ4v) is 3.99. The predicted molar refractivity (Wildman–Crippen MR) is 106 cm³/mol. The number of carboxylic acids is 1. The standard InChI is InChI=1S/C23H29NO2/c1-6-15(2)16-10-11-20-18(12-16)14-21(23(3,4)5)24(20)19-9-7-8-17(13-19)22(25)26/h7-9,13-14,16H,2,6,10-12H2,1,3-5H3,(H,25,26). The number of benzene rings is 1. The van der Waals surface area contributed by atoms with Crippen LogP contribution in [0.4, 0.5) is 0 Å². The summed E-state index contributed by atoms with van der Waals surface area (Å²) < 4.78 is 2.30. The van der Waals surface area contributed by atoms with E-state index in [4.69, 9.17) is 0 Å². The molecule has 1 atom stereocenters. The van der Waals surface area contributed by atoms with Gasteiger partial charge in [-0.3, -0.25) is 0 Å². The van der Waals surface area contributed by atoms with Gasteiger partial charge in [-0.05, 0) is 61.4 Å². The van der Waals surface area contributed by atoms with Crippen molar-refractivity contribution in [1.82, 2.24) is 4.57 Å². The second kappa shape index (κ2) is 6.79. The number of nitrogens with zero attached hydrogens (tertiary/aromatic N) is 1. The Kier molecular flexibility index (Phi) is 4.83. The fraction of sp³-hybridized carbons (Fsp3) is 0.435. The Bertz CT molecular complexity index is 852. The topological polar surface area (TPSA) is 42.2 Å². The lowest BCUT2D eigenvalue weighted by molar-refractivity contribution is 0.0697. The molecule has 0 saturated heterocycles. The molecule has 3 rings (SSSR count). The maximum atomic E-state index is 11.4. The van der Waals surface area contributed by atoms with Crippen LogP contribution in [-0.4, -0.2) is 15.6 Å². The summed E-state index contributed by atoms with van der Waals surface area (Å²) in [6.45, 7) is 13.1. The Morgan fingerprint density at radius 1 is 1.31 bits per heavy atom. The predicted octanol–water partition coefficient (Wildman–Crippen LogP) is 5.54. The van der Waals surface area contributed by atoms with E-state index < -0.39 is 5.97 Å². The van der Waals surface area contributed by atoms with Crippen LogP contribution in [0.2, 0.25) is 0 Å². The summed E-state index contributed by atoms with van der Waals surface area (Å²) in [6, 6.07) is 9.62. The van der Waals surface area contributed by atoms with Gasteiger partial charge in [0.2, 0.25) is 0 Å². The largest absolute Gasteiger partial charge is 0.478 e. The zero-order valence-corrected chi connectivity index (χ0v) is 16.3. The number of hydrogen-bond donors (Lipinski definition) is 1. The Hall–Kier alpha value is -2.29. The minimum absolute atomic E-state index is 0.0200. The summed E-state index contributed by atoms with van der Waals surface area (Å²) in [4.78, 5) is 11.4. The molecule has 0 saturated carbocycles. The summed E-state index contributed by atoms with van der Waals surface area (Å²) >= 11 is 0. The molecule has 3 nitrogen and oxygen atoms in total. The van der Waals surface area contributed by atoms with Crippen LogP contribution in [-0.2, 0) is 18.3 Å². The molecule has 138 valence electrons. The van der Waals surface area contributed by atoms with Gasteiger partial charge in [0.15, 0.2) is 0 Å². The molecule has 1 aliphatic carbocycles. The number of carbonyl (C=O) groups is 1. The first-order chi connectivity index (χ1) is 12.2. The Morgan fingerprint density at radius 3 is 2.65 bits per heavy atom. The van der Waals surface area contributed by atoms with E-state index in [1.54, 1.807) is 12.1 Å². The quantitative estimate of drug-likeness (QED) is 0.734. The van der Waals surface area contributed by atoms with Crippen LogP contribution in [0.1, 0.15) is 67.8 Å². The second-order valence-corrected chi connectivity index (χ2v) is 8.39. The zero-order valence-electron chi connectivity index (χ0n) is 16.3. The molecule has 1 N–H and O–H groups in total. The lowest BCUT2D eigenvalue weighted by Gasteiger charge is -2.27. The number of allylic oxidation sites excluding steroid dienone is 1. The Morgan fingerprint density at radius 2 is 2.04 bits per heavy atom. The molecule has 0 amide bonds. The number of aromatic nitrogens is 1. The first kappa shape index (κ1) is 18.5. The van der Waals surface area contributed by atoms with E-state index in [0.717, 1.165) is 31.4 Å². The summed E-state index contributed by atoms with van der Waals surface area (Å²) in [6.07, 6.45) is 4.20. The van der Waals surface area contributed by atoms with E-state index in [-0.39, 0.29) is 5.41 Å². The smallest absolute Gasteiger partial charge is 0.335 e. The van der Waals surface area contributed by atoms with E-state index >= 15 is 0 Å². The van der Waals surface area contributed by atoms with Crippen LogP contribution >= 0.6 is 0 Å². The van der Waals surface area contributed by atoms with E-state index in [9.17, 15) is 9.90 Å². The average Bonchev–Trinajstić information content (AvgIpc) is 3.00. The summed E-state index contributed by atoms with van der Waals surface area (Å²) in [5.74, 6) is -0.328. The minimum atomic E-state index is -0.885. The van der Waals surface area contributed by atoms with Gasteiger partial charge in [-0.15, -0.1) is 0 Å². The van der Waals surface area contributed by atoms with Crippen molar-refractivity contribution in [3.05, 3.63) is 65.0 Å². The molecule has 26 heavy (non-hydrogen) atoms. The lowest BCUT2D eigenvalue weighted by atomic mass is 9.82. The highest BCUT2D eigenvalue weighted by Crippen LogP contribution is 2.38. The molecule has 0 bridgehead atoms. The van der Waals surface area contributed by atoms with Gasteiger partial charge in [0, 0.05) is 22.5 Å². The molecule has 1 aromatic carbocycles. The average molecular weight is 351 g/mol. The highest BCUT2D eigenvalue weighted by atomic mass is 16.4. The first-order valence-electron chi connectivity index (χ1n) is 9.47. The van der Waals surface area contributed by atoms with Gasteiger partial charge in [-0.25, -0.2) is 4.79 Å². The second-order valence-electron chi connectivity index (χ2n) is 8.39. The first-order valence-corrected chi connectivity index (χ1v) is 9.47. The van der Waals surface area contributed by atoms with E-state index in [2.05, 4.69) is 44.9 Å². The van der Waals surface area contributed by atoms with Crippen molar-refractivity contribution in [3.63, 3.8) is 0 Å². The number of fused-ring (bicyclic) bond motifs is 1. The van der Waals surface area contributed by atoms with Crippen LogP contribution in [0.25, 0.3) is 5.69 Å². The van der Waals surface area contributed by atoms with Gasteiger partial charge < -0.3 is 9.67 Å². The summed E-state index contributed by atoms with van der Waals surface area (Å²) in [5, 5.41) is 9.38. The van der Waals surface area contributed by atoms with Crippen molar-refractivity contribution in [2.75, 3.05) is 0 Å². The number of hydrogen-bond acceptors (Lipinski definition) is 1. The molecular weight excluding hydrogens is 322 g/mol. The SMILES string of the molecule is C=C(CC)C1CCc2c(cc(C(C)(C)C)n2-c2cccc(C(=O)O)c2)C1. The number of aromatic carboxylic acids is 1. The zero-order chi connectivity index (χ0) is 19.1. The third-order valence-corrected chi connectivity index (χ3v) is 5.54. The molecule has 2 aromatic rings. The molecule has 0 radical (unpaired) electrons. The van der Waals surface area contributed by atoms with Gasteiger partial charge in [-0.1, -0.05) is 45.9 Å². The highest BCUT2D eigenvalue weighted by Gasteiger charge is 2.29. The molecule has 0 fully saturated rings. The molecule has 0 spiro atoms. The van der Waals surface area contributed by atoms with Crippen molar-refractivity contribution in [3.8, 4) is 5.69 Å². The van der Waals surface area contributed by atoms with Crippen molar-refractivity contribution in [2.45, 2.75) is 58.8 Å². The minimum Gasteiger partial charge on any atom is -0.478 e. The third-order valence-electron chi connectivity index (χ3n) is 5.54. The van der Waals surface area contributed by atoms with Gasteiger partial charge in [-0.2, -0.15) is 0 Å². The molecular formula is C23H29NO2. The number of carboxylic acid groups (broad SMARTS) is 1. The molecule has 1 aliphatic rings. The fourth-order valence-electron chi connectivity index (χ4n) is 3.99. The molecule has 1 aromatic heterocycles. The van der Waals surface area contributed by atoms with Crippen molar-refractivity contribution in [1.29, 1.82) is 0 Å². The monoisotopic (exact) mass is 351 g/mol. The van der Waals surface area contributed by atoms with Crippen molar-refractivity contribution in [2.24, 2.45) is 5.92 Å². The molecule has 1 heterocycles. The van der Waals surface area contributed by atoms with Gasteiger partial charge in [0.05, 0.1) is 5.56 Å². The van der Waals surface area contributed by atoms with Crippen LogP contribution in [0.3, 0.4) is 0 Å². The maximum Gasteiger partial charge on any atom is 0.335 e. The third kappa shape index (κ3) is 3.35. The Balaban J connectivity index is 2.14. The van der Waals surface area contributed by atoms with E-state index in [0.29, 0.717) is 11.5 Å². The Labute approximate surface area is 156 Å². The van der Waals surface area contributed by atoms with Gasteiger partial charge >= 0.3 is 5.97 Å². The highest BCUT2D eigenvalue weighted by molar-refractivity contribution is 5.88. The van der Waals surface area contributed by atoms with Crippen LogP contribution in [0.15, 0.2) is 42.5 Å². The normalized spacial score (nSPS) is 17.0. The lowest BCUT2D eigenvalue weighted by Crippen LogP contribution is -2.20. The van der Waals surface area contributed by atoms with E-state index in [1.807, 2.05) is 12.1 Å². The molecule has 0 aliphatic heterocycles. The molecule has 1 unspecified atom stereocenters. The van der Waals surface area contributed by atoms with Gasteiger partial charge in [0.1, 0.15) is 0 Å². The maximum absolute atomic E-state index is 11.4. The van der Waals surface area contributed by atoms with Gasteiger partial charge in [0.25, 0.3) is 0 Å². The van der Waals surface area contributed by atoms with Crippen molar-refractivity contribution >= 4 is 5.97 Å². The van der Waals surface area contributed by atoms with Crippen LogP contribution in [0.5, 0.6) is 0 Å². The summed E-state index contributed by atoms with van der Waals surface area (Å²) in [7, 11) is 0. The summed E-state index contributed by atoms with van der Waals surface area (Å²) in [5.41, 5.74) is 6.57. The van der Waals surface area contributed by atoms with E-state index in [1.165, 1.54) is 22.5 Å².